The zero-order valence-electron chi connectivity index (χ0n) is 12.0. The minimum atomic E-state index is -3.87. The highest BCUT2D eigenvalue weighted by atomic mass is 32.2. The Bertz CT molecular complexity index is 764. The number of nitrogens with one attached hydrogen (secondary N) is 1. The maximum Gasteiger partial charge on any atom is 0.387 e. The van der Waals surface area contributed by atoms with Crippen molar-refractivity contribution in [3.8, 4) is 5.75 Å². The average Bonchev–Trinajstić information content (AvgIpc) is 2.47. The molecular weight excluding hydrogens is 331 g/mol. The summed E-state index contributed by atoms with van der Waals surface area (Å²) in [5.41, 5.74) is 0.453. The molecule has 0 spiro atoms. The SMILES string of the molecule is CC(NS(=O)(=O)c1ccc(F)cc1)c1cccc(OC(F)F)c1. The summed E-state index contributed by atoms with van der Waals surface area (Å²) in [5, 5.41) is 0. The van der Waals surface area contributed by atoms with Crippen molar-refractivity contribution in [1.29, 1.82) is 0 Å². The first kappa shape index (κ1) is 17.3. The molecule has 23 heavy (non-hydrogen) atoms. The van der Waals surface area contributed by atoms with Gasteiger partial charge in [-0.25, -0.2) is 17.5 Å². The largest absolute Gasteiger partial charge is 0.435 e. The van der Waals surface area contributed by atoms with E-state index in [1.165, 1.54) is 18.2 Å². The van der Waals surface area contributed by atoms with Crippen LogP contribution in [-0.4, -0.2) is 15.0 Å². The Morgan fingerprint density at radius 2 is 1.74 bits per heavy atom. The van der Waals surface area contributed by atoms with Crippen LogP contribution in [0, 0.1) is 5.82 Å². The van der Waals surface area contributed by atoms with Gasteiger partial charge in [0.05, 0.1) is 4.90 Å². The molecule has 0 radical (unpaired) electrons. The van der Waals surface area contributed by atoms with Gasteiger partial charge < -0.3 is 4.74 Å². The van der Waals surface area contributed by atoms with Crippen molar-refractivity contribution in [2.75, 3.05) is 0 Å². The summed E-state index contributed by atoms with van der Waals surface area (Å²) in [6.07, 6.45) is 0. The predicted octanol–water partition coefficient (Wildman–Crippen LogP) is 3.47. The van der Waals surface area contributed by atoms with Gasteiger partial charge in [0.1, 0.15) is 11.6 Å². The molecule has 0 saturated carbocycles. The Labute approximate surface area is 132 Å². The smallest absolute Gasteiger partial charge is 0.387 e. The second-order valence-corrected chi connectivity index (χ2v) is 6.46. The number of benzene rings is 2. The van der Waals surface area contributed by atoms with Crippen LogP contribution < -0.4 is 9.46 Å². The first-order valence-corrected chi connectivity index (χ1v) is 8.09. The van der Waals surface area contributed by atoms with E-state index >= 15 is 0 Å². The van der Waals surface area contributed by atoms with E-state index in [0.717, 1.165) is 24.3 Å². The van der Waals surface area contributed by atoms with Crippen LogP contribution in [-0.2, 0) is 10.0 Å². The number of halogens is 3. The quantitative estimate of drug-likeness (QED) is 0.872. The minimum absolute atomic E-state index is 0.0645. The Morgan fingerprint density at radius 1 is 1.09 bits per heavy atom. The number of alkyl halides is 2. The van der Waals surface area contributed by atoms with Crippen molar-refractivity contribution in [2.45, 2.75) is 24.5 Å². The lowest BCUT2D eigenvalue weighted by molar-refractivity contribution is -0.0499. The molecule has 0 aliphatic rings. The molecule has 2 aromatic carbocycles. The molecule has 2 aromatic rings. The van der Waals surface area contributed by atoms with E-state index < -0.39 is 28.5 Å². The molecule has 8 heteroatoms. The Kier molecular flexibility index (Phi) is 5.27. The van der Waals surface area contributed by atoms with Crippen LogP contribution in [0.1, 0.15) is 18.5 Å². The molecule has 0 aromatic heterocycles. The predicted molar refractivity (Wildman–Crippen MR) is 78.2 cm³/mol. The zero-order chi connectivity index (χ0) is 17.0. The molecule has 0 fully saturated rings. The molecule has 0 bridgehead atoms. The zero-order valence-corrected chi connectivity index (χ0v) is 12.9. The summed E-state index contributed by atoms with van der Waals surface area (Å²) >= 11 is 0. The van der Waals surface area contributed by atoms with Gasteiger partial charge in [0.25, 0.3) is 0 Å². The fourth-order valence-electron chi connectivity index (χ4n) is 1.94. The highest BCUT2D eigenvalue weighted by Gasteiger charge is 2.19. The third-order valence-corrected chi connectivity index (χ3v) is 4.60. The van der Waals surface area contributed by atoms with Crippen molar-refractivity contribution >= 4 is 10.0 Å². The molecule has 1 unspecified atom stereocenters. The first-order chi connectivity index (χ1) is 10.8. The van der Waals surface area contributed by atoms with Crippen molar-refractivity contribution < 1.29 is 26.3 Å². The third-order valence-electron chi connectivity index (χ3n) is 3.04. The van der Waals surface area contributed by atoms with Crippen LogP contribution >= 0.6 is 0 Å². The Balaban J connectivity index is 2.17. The number of hydrogen-bond acceptors (Lipinski definition) is 3. The molecule has 124 valence electrons. The maximum atomic E-state index is 12.9. The van der Waals surface area contributed by atoms with Gasteiger partial charge in [-0.15, -0.1) is 0 Å². The average molecular weight is 345 g/mol. The first-order valence-electron chi connectivity index (χ1n) is 6.60. The van der Waals surface area contributed by atoms with Gasteiger partial charge in [-0.2, -0.15) is 8.78 Å². The maximum absolute atomic E-state index is 12.9. The fourth-order valence-corrected chi connectivity index (χ4v) is 3.17. The molecule has 2 rings (SSSR count). The number of ether oxygens (including phenoxy) is 1. The minimum Gasteiger partial charge on any atom is -0.435 e. The topological polar surface area (TPSA) is 55.4 Å². The highest BCUT2D eigenvalue weighted by Crippen LogP contribution is 2.22. The summed E-state index contributed by atoms with van der Waals surface area (Å²) in [7, 11) is -3.87. The van der Waals surface area contributed by atoms with Gasteiger partial charge in [-0.1, -0.05) is 12.1 Å². The number of rotatable bonds is 6. The standard InChI is InChI=1S/C15H14F3NO3S/c1-10(11-3-2-4-13(9-11)22-15(17)18)19-23(20,21)14-7-5-12(16)6-8-14/h2-10,15,19H,1H3. The Hall–Kier alpha value is -2.06. The summed E-state index contributed by atoms with van der Waals surface area (Å²) in [4.78, 5) is -0.0919. The lowest BCUT2D eigenvalue weighted by Gasteiger charge is -2.16. The number of sulfonamides is 1. The summed E-state index contributed by atoms with van der Waals surface area (Å²) in [5.74, 6) is -0.612. The van der Waals surface area contributed by atoms with E-state index in [2.05, 4.69) is 9.46 Å². The molecule has 0 aliphatic carbocycles. The van der Waals surface area contributed by atoms with Crippen LogP contribution in [0.25, 0.3) is 0 Å². The van der Waals surface area contributed by atoms with E-state index in [1.54, 1.807) is 13.0 Å². The lowest BCUT2D eigenvalue weighted by Crippen LogP contribution is -2.26. The van der Waals surface area contributed by atoms with Gasteiger partial charge in [0, 0.05) is 6.04 Å². The normalized spacial score (nSPS) is 13.1. The van der Waals surface area contributed by atoms with Gasteiger partial charge in [0.2, 0.25) is 10.0 Å². The van der Waals surface area contributed by atoms with Gasteiger partial charge >= 0.3 is 6.61 Å². The second kappa shape index (κ2) is 7.01. The summed E-state index contributed by atoms with van der Waals surface area (Å²) in [6, 6.07) is 9.40. The molecular formula is C15H14F3NO3S. The van der Waals surface area contributed by atoms with Crippen molar-refractivity contribution in [3.63, 3.8) is 0 Å². The monoisotopic (exact) mass is 345 g/mol. The molecule has 0 saturated heterocycles. The van der Waals surface area contributed by atoms with E-state index in [9.17, 15) is 21.6 Å². The van der Waals surface area contributed by atoms with E-state index in [-0.39, 0.29) is 10.6 Å². The van der Waals surface area contributed by atoms with Gasteiger partial charge in [-0.3, -0.25) is 0 Å². The highest BCUT2D eigenvalue weighted by molar-refractivity contribution is 7.89. The fraction of sp³-hybridized carbons (Fsp3) is 0.200. The number of hydrogen-bond donors (Lipinski definition) is 1. The third kappa shape index (κ3) is 4.70. The molecule has 4 nitrogen and oxygen atoms in total. The summed E-state index contributed by atoms with van der Waals surface area (Å²) in [6.45, 7) is -1.40. The van der Waals surface area contributed by atoms with Crippen molar-refractivity contribution in [3.05, 3.63) is 59.9 Å². The van der Waals surface area contributed by atoms with Gasteiger partial charge in [0.15, 0.2) is 0 Å². The van der Waals surface area contributed by atoms with E-state index in [1.807, 2.05) is 0 Å². The lowest BCUT2D eigenvalue weighted by atomic mass is 10.1. The van der Waals surface area contributed by atoms with E-state index in [0.29, 0.717) is 5.56 Å². The Morgan fingerprint density at radius 3 is 2.35 bits per heavy atom. The second-order valence-electron chi connectivity index (χ2n) is 4.75. The van der Waals surface area contributed by atoms with Crippen LogP contribution in [0.4, 0.5) is 13.2 Å². The van der Waals surface area contributed by atoms with E-state index in [4.69, 9.17) is 0 Å². The van der Waals surface area contributed by atoms with Crippen LogP contribution in [0.3, 0.4) is 0 Å². The molecule has 1 atom stereocenters. The van der Waals surface area contributed by atoms with Crippen LogP contribution in [0.2, 0.25) is 0 Å². The van der Waals surface area contributed by atoms with Crippen molar-refractivity contribution in [1.82, 2.24) is 4.72 Å². The molecule has 1 N–H and O–H groups in total. The molecule has 0 amide bonds. The van der Waals surface area contributed by atoms with Gasteiger partial charge in [-0.05, 0) is 48.9 Å². The molecule has 0 aliphatic heterocycles. The van der Waals surface area contributed by atoms with Crippen LogP contribution in [0.5, 0.6) is 5.75 Å². The summed E-state index contributed by atoms with van der Waals surface area (Å²) < 4.78 is 68.4. The molecule has 0 heterocycles. The van der Waals surface area contributed by atoms with Crippen LogP contribution in [0.15, 0.2) is 53.4 Å². The van der Waals surface area contributed by atoms with Crippen molar-refractivity contribution in [2.24, 2.45) is 0 Å².